The molecule has 1 aliphatic heterocycles. The van der Waals surface area contributed by atoms with E-state index >= 15 is 0 Å². The first-order chi connectivity index (χ1) is 7.83. The van der Waals surface area contributed by atoms with Crippen LogP contribution in [0.1, 0.15) is 23.2 Å². The summed E-state index contributed by atoms with van der Waals surface area (Å²) in [4.78, 5) is 0. The summed E-state index contributed by atoms with van der Waals surface area (Å²) in [5, 5.41) is 1.45. The number of aryl methyl sites for hydroxylation is 3. The third kappa shape index (κ3) is 1.23. The number of hydrogen-bond acceptors (Lipinski definition) is 1. The van der Waals surface area contributed by atoms with Crippen molar-refractivity contribution in [2.75, 3.05) is 6.54 Å². The fourth-order valence-electron chi connectivity index (χ4n) is 2.98. The van der Waals surface area contributed by atoms with E-state index < -0.39 is 0 Å². The third-order valence-corrected chi connectivity index (χ3v) is 3.77. The van der Waals surface area contributed by atoms with Crippen molar-refractivity contribution in [3.63, 3.8) is 0 Å². The number of hydrogen-bond donors (Lipinski definition) is 1. The maximum Gasteiger partial charge on any atom is 0.0518 e. The Morgan fingerprint density at radius 2 is 2.25 bits per heavy atom. The Morgan fingerprint density at radius 1 is 1.38 bits per heavy atom. The van der Waals surface area contributed by atoms with Crippen LogP contribution in [0.15, 0.2) is 18.2 Å². The van der Waals surface area contributed by atoms with Gasteiger partial charge in [0.05, 0.1) is 5.52 Å². The lowest BCUT2D eigenvalue weighted by atomic mass is 10.1. The third-order valence-electron chi connectivity index (χ3n) is 3.77. The molecule has 0 amide bonds. The van der Waals surface area contributed by atoms with Crippen LogP contribution >= 0.6 is 0 Å². The molecule has 0 bridgehead atoms. The molecule has 0 aliphatic carbocycles. The first-order valence-electron chi connectivity index (χ1n) is 6.12. The number of aromatic nitrogens is 1. The van der Waals surface area contributed by atoms with E-state index in [0.717, 1.165) is 25.9 Å². The zero-order valence-corrected chi connectivity index (χ0v) is 9.79. The van der Waals surface area contributed by atoms with Crippen LogP contribution in [-0.4, -0.2) is 11.1 Å². The summed E-state index contributed by atoms with van der Waals surface area (Å²) < 4.78 is 2.51. The summed E-state index contributed by atoms with van der Waals surface area (Å²) >= 11 is 0. The maximum absolute atomic E-state index is 5.62. The predicted molar refractivity (Wildman–Crippen MR) is 67.8 cm³/mol. The Labute approximate surface area is 96.1 Å². The highest BCUT2D eigenvalue weighted by atomic mass is 15.0. The Morgan fingerprint density at radius 3 is 3.06 bits per heavy atom. The minimum absolute atomic E-state index is 0.786. The first kappa shape index (κ1) is 9.91. The van der Waals surface area contributed by atoms with Gasteiger partial charge in [-0.1, -0.05) is 18.2 Å². The van der Waals surface area contributed by atoms with Gasteiger partial charge >= 0.3 is 0 Å². The smallest absolute Gasteiger partial charge is 0.0518 e. The van der Waals surface area contributed by atoms with Gasteiger partial charge in [0, 0.05) is 17.6 Å². The lowest BCUT2D eigenvalue weighted by Crippen LogP contribution is -2.05. The molecule has 0 spiro atoms. The zero-order valence-electron chi connectivity index (χ0n) is 9.79. The fourth-order valence-corrected chi connectivity index (χ4v) is 2.98. The van der Waals surface area contributed by atoms with E-state index in [2.05, 4.69) is 29.7 Å². The average Bonchev–Trinajstić information content (AvgIpc) is 2.83. The minimum Gasteiger partial charge on any atom is -0.344 e. The van der Waals surface area contributed by atoms with E-state index in [4.69, 9.17) is 5.73 Å². The first-order valence-corrected chi connectivity index (χ1v) is 6.12. The largest absolute Gasteiger partial charge is 0.344 e. The SMILES string of the molecule is Cc1c(CCCN)n2c3c(cccc13)CC2. The van der Waals surface area contributed by atoms with E-state index in [-0.39, 0.29) is 0 Å². The van der Waals surface area contributed by atoms with Crippen LogP contribution in [0, 0.1) is 6.92 Å². The summed E-state index contributed by atoms with van der Waals surface area (Å²) in [6.45, 7) is 4.19. The molecular weight excluding hydrogens is 196 g/mol. The van der Waals surface area contributed by atoms with Crippen molar-refractivity contribution in [2.24, 2.45) is 5.73 Å². The van der Waals surface area contributed by atoms with Gasteiger partial charge < -0.3 is 10.3 Å². The molecule has 0 unspecified atom stereocenters. The molecule has 1 aromatic carbocycles. The van der Waals surface area contributed by atoms with Gasteiger partial charge in [-0.2, -0.15) is 0 Å². The highest BCUT2D eigenvalue weighted by Gasteiger charge is 2.20. The molecule has 1 aromatic heterocycles. The Balaban J connectivity index is 2.21. The van der Waals surface area contributed by atoms with Crippen LogP contribution in [-0.2, 0) is 19.4 Å². The van der Waals surface area contributed by atoms with Crippen LogP contribution in [0.4, 0.5) is 0 Å². The van der Waals surface area contributed by atoms with E-state index in [1.807, 2.05) is 0 Å². The van der Waals surface area contributed by atoms with Crippen LogP contribution in [0.3, 0.4) is 0 Å². The monoisotopic (exact) mass is 214 g/mol. The molecule has 2 heterocycles. The van der Waals surface area contributed by atoms with Crippen LogP contribution in [0.2, 0.25) is 0 Å². The lowest BCUT2D eigenvalue weighted by Gasteiger charge is -2.06. The van der Waals surface area contributed by atoms with E-state index in [0.29, 0.717) is 0 Å². The Bertz CT molecular complexity index is 537. The topological polar surface area (TPSA) is 30.9 Å². The molecule has 2 N–H and O–H groups in total. The minimum atomic E-state index is 0.786. The molecule has 0 radical (unpaired) electrons. The number of benzene rings is 1. The van der Waals surface area contributed by atoms with E-state index in [1.54, 1.807) is 0 Å². The van der Waals surface area contributed by atoms with Crippen molar-refractivity contribution in [3.8, 4) is 0 Å². The summed E-state index contributed by atoms with van der Waals surface area (Å²) in [6, 6.07) is 6.70. The second-order valence-corrected chi connectivity index (χ2v) is 4.68. The molecule has 3 rings (SSSR count). The van der Waals surface area contributed by atoms with Crippen molar-refractivity contribution in [3.05, 3.63) is 35.0 Å². The molecule has 1 aliphatic rings. The normalized spacial score (nSPS) is 13.9. The highest BCUT2D eigenvalue weighted by Crippen LogP contribution is 2.33. The molecule has 2 aromatic rings. The maximum atomic E-state index is 5.62. The van der Waals surface area contributed by atoms with Crippen molar-refractivity contribution in [2.45, 2.75) is 32.7 Å². The standard InChI is InChI=1S/C14H18N2/c1-10-12-5-2-4-11-7-9-16(14(11)12)13(10)6-3-8-15/h2,4-5H,3,6-9,15H2,1H3. The van der Waals surface area contributed by atoms with Crippen molar-refractivity contribution < 1.29 is 0 Å². The molecule has 0 fully saturated rings. The molecule has 0 saturated carbocycles. The zero-order chi connectivity index (χ0) is 11.1. The van der Waals surface area contributed by atoms with E-state index in [1.165, 1.54) is 34.1 Å². The molecule has 2 nitrogen and oxygen atoms in total. The number of para-hydroxylation sites is 1. The summed E-state index contributed by atoms with van der Waals surface area (Å²) in [5.41, 5.74) is 11.6. The second-order valence-electron chi connectivity index (χ2n) is 4.68. The van der Waals surface area contributed by atoms with Gasteiger partial charge in [0.2, 0.25) is 0 Å². The number of rotatable bonds is 3. The highest BCUT2D eigenvalue weighted by molar-refractivity contribution is 5.89. The van der Waals surface area contributed by atoms with Gasteiger partial charge in [-0.05, 0) is 43.9 Å². The van der Waals surface area contributed by atoms with Gasteiger partial charge in [-0.3, -0.25) is 0 Å². The summed E-state index contributed by atoms with van der Waals surface area (Å²) in [5.74, 6) is 0. The summed E-state index contributed by atoms with van der Waals surface area (Å²) in [6.07, 6.45) is 3.41. The van der Waals surface area contributed by atoms with Crippen LogP contribution in [0.25, 0.3) is 10.9 Å². The molecule has 0 atom stereocenters. The molecule has 2 heteroatoms. The number of nitrogens with two attached hydrogens (primary N) is 1. The quantitative estimate of drug-likeness (QED) is 0.835. The van der Waals surface area contributed by atoms with Crippen LogP contribution < -0.4 is 5.73 Å². The van der Waals surface area contributed by atoms with Gasteiger partial charge in [-0.15, -0.1) is 0 Å². The molecule has 0 saturated heterocycles. The molecule has 16 heavy (non-hydrogen) atoms. The predicted octanol–water partition coefficient (Wildman–Crippen LogP) is 2.40. The van der Waals surface area contributed by atoms with Crippen LogP contribution in [0.5, 0.6) is 0 Å². The molecule has 84 valence electrons. The average molecular weight is 214 g/mol. The van der Waals surface area contributed by atoms with Gasteiger partial charge in [0.25, 0.3) is 0 Å². The van der Waals surface area contributed by atoms with Crippen molar-refractivity contribution in [1.29, 1.82) is 0 Å². The van der Waals surface area contributed by atoms with Gasteiger partial charge in [0.15, 0.2) is 0 Å². The number of nitrogens with zero attached hydrogens (tertiary/aromatic N) is 1. The lowest BCUT2D eigenvalue weighted by molar-refractivity contribution is 0.693. The Kier molecular flexibility index (Phi) is 2.25. The van der Waals surface area contributed by atoms with Crippen molar-refractivity contribution in [1.82, 2.24) is 4.57 Å². The van der Waals surface area contributed by atoms with E-state index in [9.17, 15) is 0 Å². The second kappa shape index (κ2) is 3.63. The van der Waals surface area contributed by atoms with Gasteiger partial charge in [-0.25, -0.2) is 0 Å². The molecular formula is C14H18N2. The Hall–Kier alpha value is -1.28. The van der Waals surface area contributed by atoms with Crippen molar-refractivity contribution >= 4 is 10.9 Å². The van der Waals surface area contributed by atoms with Gasteiger partial charge in [0.1, 0.15) is 0 Å². The fraction of sp³-hybridized carbons (Fsp3) is 0.429. The summed E-state index contributed by atoms with van der Waals surface area (Å²) in [7, 11) is 0.